The summed E-state index contributed by atoms with van der Waals surface area (Å²) in [7, 11) is 1.31. The molecule has 2 saturated heterocycles. The second-order valence-corrected chi connectivity index (χ2v) is 14.8. The van der Waals surface area contributed by atoms with Crippen molar-refractivity contribution >= 4 is 46.5 Å². The van der Waals surface area contributed by atoms with Crippen molar-refractivity contribution in [2.75, 3.05) is 44.7 Å². The first-order chi connectivity index (χ1) is 25.4. The van der Waals surface area contributed by atoms with Crippen molar-refractivity contribution in [2.45, 2.75) is 31.5 Å². The molecule has 0 aliphatic carbocycles. The van der Waals surface area contributed by atoms with E-state index in [1.807, 2.05) is 58.8 Å². The average Bonchev–Trinajstić information content (AvgIpc) is 3.80. The number of piperazine rings is 1. The monoisotopic (exact) mass is 756 g/mol. The van der Waals surface area contributed by atoms with Gasteiger partial charge in [-0.3, -0.25) is 14.8 Å². The van der Waals surface area contributed by atoms with Gasteiger partial charge in [0.05, 0.1) is 18.7 Å². The Hall–Kier alpha value is -5.24. The molecule has 3 aliphatic heterocycles. The number of aliphatic imine (C=N–C) groups is 1. The number of hydrogen-bond donors (Lipinski definition) is 2. The predicted molar refractivity (Wildman–Crippen MR) is 203 cm³/mol. The Morgan fingerprint density at radius 2 is 1.81 bits per heavy atom. The number of halogens is 2. The van der Waals surface area contributed by atoms with Gasteiger partial charge >= 0.3 is 12.0 Å². The summed E-state index contributed by atoms with van der Waals surface area (Å²) < 4.78 is 25.2. The number of urea groups is 1. The molecule has 0 radical (unpaired) electrons. The average molecular weight is 757 g/mol. The lowest BCUT2D eigenvalue weighted by Crippen LogP contribution is -2.53. The molecule has 1 aromatic heterocycles. The molecule has 3 aliphatic rings. The van der Waals surface area contributed by atoms with Gasteiger partial charge in [0, 0.05) is 66.3 Å². The van der Waals surface area contributed by atoms with E-state index in [0.29, 0.717) is 60.6 Å². The van der Waals surface area contributed by atoms with Crippen molar-refractivity contribution in [2.24, 2.45) is 4.99 Å². The van der Waals surface area contributed by atoms with Crippen LogP contribution in [0.3, 0.4) is 0 Å². The van der Waals surface area contributed by atoms with Gasteiger partial charge in [-0.1, -0.05) is 48.5 Å². The first-order valence-corrected chi connectivity index (χ1v) is 18.3. The molecule has 0 bridgehead atoms. The van der Waals surface area contributed by atoms with E-state index in [1.165, 1.54) is 36.6 Å². The van der Waals surface area contributed by atoms with Crippen LogP contribution in [0.1, 0.15) is 30.5 Å². The van der Waals surface area contributed by atoms with Gasteiger partial charge < -0.3 is 24.8 Å². The topological polar surface area (TPSA) is 120 Å². The number of fused-ring (bicyclic) bond motifs is 1. The Morgan fingerprint density at radius 3 is 2.45 bits per heavy atom. The molecule has 0 spiro atoms. The van der Waals surface area contributed by atoms with E-state index >= 15 is 0 Å². The van der Waals surface area contributed by atoms with E-state index in [9.17, 15) is 19.1 Å². The molecule has 2 atom stereocenters. The van der Waals surface area contributed by atoms with Gasteiger partial charge in [-0.2, -0.15) is 0 Å². The van der Waals surface area contributed by atoms with Crippen LogP contribution in [0.2, 0.25) is 5.02 Å². The van der Waals surface area contributed by atoms with Gasteiger partial charge in [-0.25, -0.2) is 19.0 Å². The highest BCUT2D eigenvalue weighted by Gasteiger charge is 2.42. The summed E-state index contributed by atoms with van der Waals surface area (Å²) in [4.78, 5) is 42.2. The summed E-state index contributed by atoms with van der Waals surface area (Å²) in [6, 6.07) is 18.5. The minimum Gasteiger partial charge on any atom is -0.509 e. The van der Waals surface area contributed by atoms with Crippen molar-refractivity contribution in [3.05, 3.63) is 123 Å². The summed E-state index contributed by atoms with van der Waals surface area (Å²) in [6.45, 7) is 9.57. The van der Waals surface area contributed by atoms with Crippen LogP contribution >= 0.6 is 22.9 Å². The fraction of sp³-hybridized carbons (Fsp3) is 0.282. The number of rotatable bonds is 10. The summed E-state index contributed by atoms with van der Waals surface area (Å²) in [6.07, 6.45) is 1.67. The van der Waals surface area contributed by atoms with Crippen molar-refractivity contribution in [3.8, 4) is 16.9 Å². The van der Waals surface area contributed by atoms with E-state index in [2.05, 4.69) is 21.8 Å². The van der Waals surface area contributed by atoms with Gasteiger partial charge in [0.2, 0.25) is 0 Å². The van der Waals surface area contributed by atoms with Crippen LogP contribution in [-0.4, -0.2) is 89.2 Å². The number of ether oxygens (including phenoxy) is 2. The fourth-order valence-electron chi connectivity index (χ4n) is 6.73. The zero-order valence-corrected chi connectivity index (χ0v) is 31.0. The maximum Gasteiger partial charge on any atom is 0.338 e. The maximum absolute atomic E-state index is 14.1. The van der Waals surface area contributed by atoms with Crippen LogP contribution in [0.15, 0.2) is 107 Å². The third-order valence-electron chi connectivity index (χ3n) is 9.68. The number of nitrogens with one attached hydrogen (secondary N) is 1. The normalized spacial score (nSPS) is 19.1. The number of thiazole rings is 1. The molecule has 274 valence electrons. The van der Waals surface area contributed by atoms with E-state index in [4.69, 9.17) is 26.1 Å². The van der Waals surface area contributed by atoms with Gasteiger partial charge in [0.1, 0.15) is 23.4 Å². The molecule has 4 aromatic rings. The van der Waals surface area contributed by atoms with Crippen molar-refractivity contribution < 1.29 is 28.6 Å². The maximum atomic E-state index is 14.1. The summed E-state index contributed by atoms with van der Waals surface area (Å²) in [5, 5.41) is 15.7. The molecule has 2 fully saturated rings. The number of esters is 1. The molecular weight excluding hydrogens is 719 g/mol. The number of aliphatic hydroxyl groups is 1. The number of methoxy groups -OCH3 is 1. The SMILES string of the molecule is C=C(O)C(C)(C)Oc1ccc(-c2ccc(N3C[C@@H]4CN(CC5=C(C(=O)OC)[C@H](c6ccc(F)cc6Cl)N=C(c6nccs6)N5)CCN4C3=O)cc2)cc1. The van der Waals surface area contributed by atoms with Gasteiger partial charge in [-0.15, -0.1) is 11.3 Å². The number of nitrogens with zero attached hydrogens (tertiary/aromatic N) is 5. The lowest BCUT2D eigenvalue weighted by atomic mass is 9.95. The second kappa shape index (κ2) is 14.6. The molecule has 2 N–H and O–H groups in total. The summed E-state index contributed by atoms with van der Waals surface area (Å²) in [5.74, 6) is -0.0465. The van der Waals surface area contributed by atoms with Crippen LogP contribution in [0, 0.1) is 5.82 Å². The van der Waals surface area contributed by atoms with Crippen molar-refractivity contribution in [1.82, 2.24) is 20.1 Å². The molecule has 2 amide bonds. The second-order valence-electron chi connectivity index (χ2n) is 13.5. The molecule has 11 nitrogen and oxygen atoms in total. The molecule has 53 heavy (non-hydrogen) atoms. The predicted octanol–water partition coefficient (Wildman–Crippen LogP) is 6.98. The van der Waals surface area contributed by atoms with Crippen molar-refractivity contribution in [1.29, 1.82) is 0 Å². The number of carbonyl (C=O) groups is 2. The third kappa shape index (κ3) is 7.37. The summed E-state index contributed by atoms with van der Waals surface area (Å²) in [5.41, 5.74) is 3.18. The number of aliphatic hydroxyl groups excluding tert-OH is 1. The van der Waals surface area contributed by atoms with E-state index in [-0.39, 0.29) is 28.4 Å². The number of amides is 2. The van der Waals surface area contributed by atoms with Crippen LogP contribution in [0.25, 0.3) is 11.1 Å². The minimum absolute atomic E-state index is 0.0496. The Kier molecular flexibility index (Phi) is 9.99. The fourth-order valence-corrected chi connectivity index (χ4v) is 7.58. The molecule has 7 rings (SSSR count). The number of amidine groups is 1. The number of carbonyl (C=O) groups excluding carboxylic acids is 2. The molecule has 4 heterocycles. The molecule has 0 unspecified atom stereocenters. The van der Waals surface area contributed by atoms with Gasteiger partial charge in [0.25, 0.3) is 0 Å². The highest BCUT2D eigenvalue weighted by atomic mass is 35.5. The van der Waals surface area contributed by atoms with Crippen LogP contribution in [0.5, 0.6) is 5.75 Å². The molecule has 0 saturated carbocycles. The standard InChI is InChI=1S/C39H38ClFN6O5S/c1-23(48)39(2,3)52-29-12-7-25(8-13-29)24-5-10-27(11-6-24)47-21-28-20-45(16-17-46(28)38(47)50)22-32-33(37(49)51-4)34(30-14-9-26(41)19-31(30)40)44-35(43-32)36-42-15-18-53-36/h5-15,18-19,28,34,48H,1,16-17,20-22H2,2-4H3,(H,43,44)/t28-,34-/m0/s1. The van der Waals surface area contributed by atoms with E-state index < -0.39 is 23.4 Å². The van der Waals surface area contributed by atoms with Crippen LogP contribution in [0.4, 0.5) is 14.9 Å². The lowest BCUT2D eigenvalue weighted by Gasteiger charge is -2.38. The van der Waals surface area contributed by atoms with Crippen molar-refractivity contribution in [3.63, 3.8) is 0 Å². The molecule has 3 aromatic carbocycles. The number of aromatic nitrogens is 1. The van der Waals surface area contributed by atoms with E-state index in [0.717, 1.165) is 16.8 Å². The Labute approximate surface area is 315 Å². The quantitative estimate of drug-likeness (QED) is 0.132. The third-order valence-corrected chi connectivity index (χ3v) is 10.8. The first kappa shape index (κ1) is 36.1. The summed E-state index contributed by atoms with van der Waals surface area (Å²) >= 11 is 7.91. The van der Waals surface area contributed by atoms with Gasteiger partial charge in [0.15, 0.2) is 16.4 Å². The first-order valence-electron chi connectivity index (χ1n) is 17.0. The number of benzene rings is 3. The highest BCUT2D eigenvalue weighted by molar-refractivity contribution is 7.11. The highest BCUT2D eigenvalue weighted by Crippen LogP contribution is 2.37. The zero-order chi connectivity index (χ0) is 37.4. The van der Waals surface area contributed by atoms with E-state index in [1.54, 1.807) is 24.9 Å². The number of hydrogen-bond acceptors (Lipinski definition) is 10. The molecular formula is C39H38ClFN6O5S. The Morgan fingerprint density at radius 1 is 1.09 bits per heavy atom. The van der Waals surface area contributed by atoms with Gasteiger partial charge in [-0.05, 0) is 61.4 Å². The van der Waals surface area contributed by atoms with Crippen LogP contribution in [-0.2, 0) is 9.53 Å². The Bertz CT molecular complexity index is 2110. The minimum atomic E-state index is -0.908. The Balaban J connectivity index is 1.08. The molecule has 14 heteroatoms. The smallest absolute Gasteiger partial charge is 0.338 e. The van der Waals surface area contributed by atoms with Crippen LogP contribution < -0.4 is 15.0 Å². The largest absolute Gasteiger partial charge is 0.509 e. The zero-order valence-electron chi connectivity index (χ0n) is 29.4. The number of anilines is 1. The lowest BCUT2D eigenvalue weighted by molar-refractivity contribution is -0.136.